The predicted molar refractivity (Wildman–Crippen MR) is 73.8 cm³/mol. The molecule has 0 N–H and O–H groups in total. The quantitative estimate of drug-likeness (QED) is 0.471. The van der Waals surface area contributed by atoms with Crippen LogP contribution < -0.4 is 4.74 Å². The lowest BCUT2D eigenvalue weighted by Gasteiger charge is -2.19. The van der Waals surface area contributed by atoms with Crippen LogP contribution >= 0.6 is 0 Å². The van der Waals surface area contributed by atoms with Gasteiger partial charge in [-0.3, -0.25) is 14.9 Å². The smallest absolute Gasteiger partial charge is 0.309 e. The van der Waals surface area contributed by atoms with E-state index in [0.717, 1.165) is 5.56 Å². The van der Waals surface area contributed by atoms with Crippen molar-refractivity contribution in [1.82, 2.24) is 0 Å². The molecule has 0 saturated carbocycles. The summed E-state index contributed by atoms with van der Waals surface area (Å²) in [6, 6.07) is 4.38. The highest BCUT2D eigenvalue weighted by Gasteiger charge is 2.16. The highest BCUT2D eigenvalue weighted by atomic mass is 16.6. The lowest BCUT2D eigenvalue weighted by atomic mass is 10.2. The van der Waals surface area contributed by atoms with Crippen LogP contribution in [0.3, 0.4) is 0 Å². The summed E-state index contributed by atoms with van der Waals surface area (Å²) in [5.74, 6) is 0.0448. The molecule has 6 nitrogen and oxygen atoms in total. The minimum Gasteiger partial charge on any atom is -0.492 e. The Bertz CT molecular complexity index is 505. The number of nitro groups is 1. The van der Waals surface area contributed by atoms with Gasteiger partial charge in [0.1, 0.15) is 11.4 Å². The molecule has 0 heterocycles. The zero-order valence-electron chi connectivity index (χ0n) is 12.1. The Morgan fingerprint density at radius 2 is 2.00 bits per heavy atom. The molecule has 0 radical (unpaired) electrons. The zero-order valence-corrected chi connectivity index (χ0v) is 12.1. The average Bonchev–Trinajstić information content (AvgIpc) is 2.28. The summed E-state index contributed by atoms with van der Waals surface area (Å²) >= 11 is 0. The van der Waals surface area contributed by atoms with Gasteiger partial charge in [-0.1, -0.05) is 0 Å². The number of carbonyl (C=O) groups excluding carboxylic acids is 1. The molecule has 110 valence electrons. The van der Waals surface area contributed by atoms with Gasteiger partial charge >= 0.3 is 5.97 Å². The molecule has 0 aliphatic rings. The molecule has 0 bridgehead atoms. The Kier molecular flexibility index (Phi) is 5.07. The van der Waals surface area contributed by atoms with E-state index in [9.17, 15) is 14.9 Å². The molecular weight excluding hydrogens is 262 g/mol. The summed E-state index contributed by atoms with van der Waals surface area (Å²) in [6.45, 7) is 7.27. The molecule has 1 aromatic carbocycles. The molecule has 0 atom stereocenters. The Labute approximate surface area is 117 Å². The van der Waals surface area contributed by atoms with Gasteiger partial charge in [0, 0.05) is 6.07 Å². The van der Waals surface area contributed by atoms with Crippen LogP contribution in [0.1, 0.15) is 32.8 Å². The fourth-order valence-electron chi connectivity index (χ4n) is 1.49. The third-order valence-electron chi connectivity index (χ3n) is 2.37. The van der Waals surface area contributed by atoms with Crippen LogP contribution in [0.15, 0.2) is 18.2 Å². The van der Waals surface area contributed by atoms with Crippen LogP contribution in [0.25, 0.3) is 0 Å². The SMILES string of the molecule is Cc1ccc([N+](=O)[O-])cc1OCCC(=O)OC(C)(C)C. The van der Waals surface area contributed by atoms with Crippen molar-refractivity contribution >= 4 is 11.7 Å². The van der Waals surface area contributed by atoms with Gasteiger partial charge in [0.25, 0.3) is 5.69 Å². The molecule has 0 unspecified atom stereocenters. The van der Waals surface area contributed by atoms with Gasteiger partial charge in [-0.25, -0.2) is 0 Å². The first kappa shape index (κ1) is 15.9. The van der Waals surface area contributed by atoms with Crippen molar-refractivity contribution in [2.24, 2.45) is 0 Å². The van der Waals surface area contributed by atoms with Gasteiger partial charge in [-0.05, 0) is 39.3 Å². The van der Waals surface area contributed by atoms with Crippen LogP contribution in [0.2, 0.25) is 0 Å². The number of nitro benzene ring substituents is 1. The van der Waals surface area contributed by atoms with Crippen molar-refractivity contribution in [3.63, 3.8) is 0 Å². The van der Waals surface area contributed by atoms with Crippen LogP contribution in [-0.2, 0) is 9.53 Å². The lowest BCUT2D eigenvalue weighted by Crippen LogP contribution is -2.24. The molecular formula is C14H19NO5. The van der Waals surface area contributed by atoms with Crippen molar-refractivity contribution in [2.45, 2.75) is 39.7 Å². The molecule has 0 spiro atoms. The van der Waals surface area contributed by atoms with E-state index >= 15 is 0 Å². The maximum atomic E-state index is 11.5. The number of non-ortho nitro benzene ring substituents is 1. The molecule has 0 aliphatic carbocycles. The number of benzene rings is 1. The zero-order chi connectivity index (χ0) is 15.3. The van der Waals surface area contributed by atoms with Gasteiger partial charge in [-0.2, -0.15) is 0 Å². The fourth-order valence-corrected chi connectivity index (χ4v) is 1.49. The number of ether oxygens (including phenoxy) is 2. The average molecular weight is 281 g/mol. The van der Waals surface area contributed by atoms with E-state index in [2.05, 4.69) is 0 Å². The second kappa shape index (κ2) is 6.36. The minimum atomic E-state index is -0.529. The van der Waals surface area contributed by atoms with E-state index in [-0.39, 0.29) is 24.7 Å². The summed E-state index contributed by atoms with van der Waals surface area (Å²) in [5, 5.41) is 10.7. The monoisotopic (exact) mass is 281 g/mol. The number of esters is 1. The molecule has 20 heavy (non-hydrogen) atoms. The van der Waals surface area contributed by atoms with E-state index in [0.29, 0.717) is 5.75 Å². The van der Waals surface area contributed by atoms with Crippen molar-refractivity contribution < 1.29 is 19.2 Å². The first-order chi connectivity index (χ1) is 9.19. The lowest BCUT2D eigenvalue weighted by molar-refractivity contribution is -0.384. The van der Waals surface area contributed by atoms with Gasteiger partial charge in [0.15, 0.2) is 0 Å². The molecule has 0 saturated heterocycles. The highest BCUT2D eigenvalue weighted by Crippen LogP contribution is 2.24. The molecule has 1 rings (SSSR count). The topological polar surface area (TPSA) is 78.7 Å². The Morgan fingerprint density at radius 1 is 1.35 bits per heavy atom. The number of hydrogen-bond donors (Lipinski definition) is 0. The summed E-state index contributed by atoms with van der Waals surface area (Å²) < 4.78 is 10.5. The van der Waals surface area contributed by atoms with Crippen LogP contribution in [0.4, 0.5) is 5.69 Å². The molecule has 1 aromatic rings. The predicted octanol–water partition coefficient (Wildman–Crippen LogP) is 3.01. The largest absolute Gasteiger partial charge is 0.492 e. The van der Waals surface area contributed by atoms with E-state index in [1.165, 1.54) is 12.1 Å². The molecule has 6 heteroatoms. The van der Waals surface area contributed by atoms with Gasteiger partial charge in [0.2, 0.25) is 0 Å². The van der Waals surface area contributed by atoms with Gasteiger partial charge in [-0.15, -0.1) is 0 Å². The number of hydrogen-bond acceptors (Lipinski definition) is 5. The van der Waals surface area contributed by atoms with Gasteiger partial charge < -0.3 is 9.47 Å². The number of nitrogens with zero attached hydrogens (tertiary/aromatic N) is 1. The van der Waals surface area contributed by atoms with Crippen LogP contribution in [-0.4, -0.2) is 23.1 Å². The highest BCUT2D eigenvalue weighted by molar-refractivity contribution is 5.70. The van der Waals surface area contributed by atoms with Crippen LogP contribution in [0.5, 0.6) is 5.75 Å². The fraction of sp³-hybridized carbons (Fsp3) is 0.500. The Hall–Kier alpha value is -2.11. The van der Waals surface area contributed by atoms with Gasteiger partial charge in [0.05, 0.1) is 24.0 Å². The summed E-state index contributed by atoms with van der Waals surface area (Å²) in [6.07, 6.45) is 0.0966. The maximum absolute atomic E-state index is 11.5. The number of aryl methyl sites for hydroxylation is 1. The Balaban J connectivity index is 2.56. The van der Waals surface area contributed by atoms with E-state index in [4.69, 9.17) is 9.47 Å². The molecule has 0 fully saturated rings. The van der Waals surface area contributed by atoms with Crippen molar-refractivity contribution in [3.05, 3.63) is 33.9 Å². The summed E-state index contributed by atoms with van der Waals surface area (Å²) in [7, 11) is 0. The maximum Gasteiger partial charge on any atom is 0.309 e. The Morgan fingerprint density at radius 3 is 2.55 bits per heavy atom. The summed E-state index contributed by atoms with van der Waals surface area (Å²) in [5.41, 5.74) is 0.209. The van der Waals surface area contributed by atoms with Crippen LogP contribution in [0, 0.1) is 17.0 Å². The first-order valence-electron chi connectivity index (χ1n) is 6.29. The van der Waals surface area contributed by atoms with E-state index < -0.39 is 10.5 Å². The second-order valence-electron chi connectivity index (χ2n) is 5.39. The third-order valence-corrected chi connectivity index (χ3v) is 2.37. The minimum absolute atomic E-state index is 0.0390. The molecule has 0 amide bonds. The van der Waals surface area contributed by atoms with E-state index in [1.807, 2.05) is 0 Å². The third kappa shape index (κ3) is 5.26. The second-order valence-corrected chi connectivity index (χ2v) is 5.39. The number of carbonyl (C=O) groups is 1. The summed E-state index contributed by atoms with van der Waals surface area (Å²) in [4.78, 5) is 21.7. The normalized spacial score (nSPS) is 11.0. The first-order valence-corrected chi connectivity index (χ1v) is 6.29. The van der Waals surface area contributed by atoms with Crippen molar-refractivity contribution in [2.75, 3.05) is 6.61 Å². The van der Waals surface area contributed by atoms with E-state index in [1.54, 1.807) is 33.8 Å². The van der Waals surface area contributed by atoms with Crippen molar-refractivity contribution in [1.29, 1.82) is 0 Å². The molecule has 0 aliphatic heterocycles. The molecule has 0 aromatic heterocycles. The number of rotatable bonds is 5. The van der Waals surface area contributed by atoms with Crippen molar-refractivity contribution in [3.8, 4) is 5.75 Å². The standard InChI is InChI=1S/C14H19NO5/c1-10-5-6-11(15(17)18)9-12(10)19-8-7-13(16)20-14(2,3)4/h5-6,9H,7-8H2,1-4H3.